The first-order chi connectivity index (χ1) is 15.1. The Labute approximate surface area is 178 Å². The Morgan fingerprint density at radius 1 is 0.710 bits per heavy atom. The van der Waals surface area contributed by atoms with E-state index in [1.54, 1.807) is 18.3 Å². The molecule has 0 bridgehead atoms. The summed E-state index contributed by atoms with van der Waals surface area (Å²) in [5.41, 5.74) is 8.39. The van der Waals surface area contributed by atoms with Gasteiger partial charge in [-0.25, -0.2) is 0 Å². The van der Waals surface area contributed by atoms with Gasteiger partial charge in [-0.15, -0.1) is 0 Å². The molecule has 4 aromatic rings. The topological polar surface area (TPSA) is 103 Å². The van der Waals surface area contributed by atoms with Crippen molar-refractivity contribution in [1.29, 1.82) is 0 Å². The minimum absolute atomic E-state index is 0.270. The van der Waals surface area contributed by atoms with Gasteiger partial charge in [0.25, 0.3) is 17.7 Å². The van der Waals surface area contributed by atoms with E-state index >= 15 is 0 Å². The molecule has 0 radical (unpaired) electrons. The zero-order valence-corrected chi connectivity index (χ0v) is 16.5. The second-order valence-corrected chi connectivity index (χ2v) is 6.88. The van der Waals surface area contributed by atoms with Crippen LogP contribution in [0, 0.1) is 0 Å². The van der Waals surface area contributed by atoms with E-state index in [1.165, 1.54) is 0 Å². The minimum atomic E-state index is -0.539. The smallest absolute Gasteiger partial charge is 0.271 e. The first kappa shape index (κ1) is 19.9. The van der Waals surface area contributed by atoms with Gasteiger partial charge in [0.15, 0.2) is 0 Å². The van der Waals surface area contributed by atoms with Crippen LogP contribution >= 0.6 is 0 Å². The highest BCUT2D eigenvalue weighted by Gasteiger charge is 2.13. The van der Waals surface area contributed by atoms with Crippen molar-refractivity contribution in [2.75, 3.05) is 6.54 Å². The third kappa shape index (κ3) is 4.62. The molecule has 1 aromatic heterocycles. The predicted octanol–water partition coefficient (Wildman–Crippen LogP) is 3.03. The number of hydrazine groups is 1. The molecule has 31 heavy (non-hydrogen) atoms. The third-order valence-corrected chi connectivity index (χ3v) is 4.81. The Morgan fingerprint density at radius 3 is 2.16 bits per heavy atom. The third-order valence-electron chi connectivity index (χ3n) is 4.81. The van der Waals surface area contributed by atoms with Crippen LogP contribution in [0.5, 0.6) is 0 Å². The van der Waals surface area contributed by atoms with Gasteiger partial charge in [-0.2, -0.15) is 0 Å². The van der Waals surface area contributed by atoms with Crippen LogP contribution in [-0.2, 0) is 4.79 Å². The van der Waals surface area contributed by atoms with Crippen molar-refractivity contribution in [2.24, 2.45) is 0 Å². The van der Waals surface area contributed by atoms with Crippen LogP contribution in [0.25, 0.3) is 22.0 Å². The molecule has 4 N–H and O–H groups in total. The summed E-state index contributed by atoms with van der Waals surface area (Å²) in [6.07, 6.45) is 1.58. The maximum Gasteiger partial charge on any atom is 0.271 e. The maximum atomic E-state index is 12.3. The van der Waals surface area contributed by atoms with Crippen molar-refractivity contribution in [3.63, 3.8) is 0 Å². The lowest BCUT2D eigenvalue weighted by molar-refractivity contribution is -0.120. The average Bonchev–Trinajstić information content (AvgIpc) is 3.26. The molecule has 0 fully saturated rings. The monoisotopic (exact) mass is 412 g/mol. The Kier molecular flexibility index (Phi) is 5.75. The van der Waals surface area contributed by atoms with Crippen molar-refractivity contribution in [3.8, 4) is 11.1 Å². The number of carbonyl (C=O) groups excluding carboxylic acids is 3. The number of H-pyrrole nitrogens is 1. The van der Waals surface area contributed by atoms with Crippen LogP contribution < -0.4 is 16.2 Å². The Balaban J connectivity index is 1.27. The largest absolute Gasteiger partial charge is 0.360 e. The molecule has 0 unspecified atom stereocenters. The van der Waals surface area contributed by atoms with Crippen molar-refractivity contribution in [2.45, 2.75) is 0 Å². The number of benzene rings is 3. The number of aromatic nitrogens is 1. The SMILES string of the molecule is O=C(CNC(=O)c1ccc(-c2ccccc2)cc1)NNC(=O)c1c[nH]c2ccccc12. The predicted molar refractivity (Wildman–Crippen MR) is 118 cm³/mol. The van der Waals surface area contributed by atoms with Crippen LogP contribution in [-0.4, -0.2) is 29.3 Å². The number of hydrogen-bond donors (Lipinski definition) is 4. The van der Waals surface area contributed by atoms with Crippen molar-refractivity contribution in [1.82, 2.24) is 21.2 Å². The fourth-order valence-electron chi connectivity index (χ4n) is 3.20. The normalized spacial score (nSPS) is 10.5. The summed E-state index contributed by atoms with van der Waals surface area (Å²) in [6.45, 7) is -0.270. The number of nitrogens with one attached hydrogen (secondary N) is 4. The van der Waals surface area contributed by atoms with Gasteiger partial charge in [-0.05, 0) is 29.3 Å². The van der Waals surface area contributed by atoms with E-state index in [9.17, 15) is 14.4 Å². The van der Waals surface area contributed by atoms with Crippen molar-refractivity contribution >= 4 is 28.6 Å². The van der Waals surface area contributed by atoms with E-state index in [4.69, 9.17) is 0 Å². The standard InChI is InChI=1S/C24H20N4O3/c29-22(27-28-24(31)20-14-25-21-9-5-4-8-19(20)21)15-26-23(30)18-12-10-17(11-13-18)16-6-2-1-3-7-16/h1-14,25H,15H2,(H,26,30)(H,27,29)(H,28,31). The average molecular weight is 412 g/mol. The fraction of sp³-hybridized carbons (Fsp3) is 0.0417. The van der Waals surface area contributed by atoms with Gasteiger partial charge in [0, 0.05) is 22.7 Å². The molecule has 0 saturated carbocycles. The zero-order chi connectivity index (χ0) is 21.6. The Bertz CT molecular complexity index is 1230. The highest BCUT2D eigenvalue weighted by atomic mass is 16.2. The van der Waals surface area contributed by atoms with Crippen LogP contribution in [0.3, 0.4) is 0 Å². The number of rotatable bonds is 5. The lowest BCUT2D eigenvalue weighted by atomic mass is 10.0. The van der Waals surface area contributed by atoms with E-state index in [2.05, 4.69) is 21.2 Å². The van der Waals surface area contributed by atoms with E-state index in [1.807, 2.05) is 66.7 Å². The van der Waals surface area contributed by atoms with Gasteiger partial charge in [-0.3, -0.25) is 25.2 Å². The lowest BCUT2D eigenvalue weighted by Crippen LogP contribution is -2.46. The van der Waals surface area contributed by atoms with Gasteiger partial charge in [0.1, 0.15) is 0 Å². The maximum absolute atomic E-state index is 12.3. The van der Waals surface area contributed by atoms with E-state index in [0.717, 1.165) is 22.0 Å². The van der Waals surface area contributed by atoms with Crippen LogP contribution in [0.1, 0.15) is 20.7 Å². The van der Waals surface area contributed by atoms with Crippen molar-refractivity contribution < 1.29 is 14.4 Å². The highest BCUT2D eigenvalue weighted by molar-refractivity contribution is 6.07. The van der Waals surface area contributed by atoms with Gasteiger partial charge < -0.3 is 10.3 Å². The molecule has 0 atom stereocenters. The number of fused-ring (bicyclic) bond motifs is 1. The first-order valence-corrected chi connectivity index (χ1v) is 9.71. The summed E-state index contributed by atoms with van der Waals surface area (Å²) < 4.78 is 0. The molecule has 0 spiro atoms. The van der Waals surface area contributed by atoms with E-state index < -0.39 is 11.8 Å². The summed E-state index contributed by atoms with van der Waals surface area (Å²) in [7, 11) is 0. The van der Waals surface area contributed by atoms with Gasteiger partial charge >= 0.3 is 0 Å². The quantitative estimate of drug-likeness (QED) is 0.379. The van der Waals surface area contributed by atoms with Crippen LogP contribution in [0.15, 0.2) is 85.1 Å². The molecule has 7 heteroatoms. The molecule has 0 aliphatic heterocycles. The van der Waals surface area contributed by atoms with Crippen molar-refractivity contribution in [3.05, 3.63) is 96.2 Å². The number of amides is 3. The molecule has 154 valence electrons. The summed E-state index contributed by atoms with van der Waals surface area (Å²) in [5.74, 6) is -1.37. The number of hydrogen-bond acceptors (Lipinski definition) is 3. The van der Waals surface area contributed by atoms with Gasteiger partial charge in [0.2, 0.25) is 0 Å². The molecule has 0 aliphatic rings. The number of carbonyl (C=O) groups is 3. The highest BCUT2D eigenvalue weighted by Crippen LogP contribution is 2.19. The second-order valence-electron chi connectivity index (χ2n) is 6.88. The fourth-order valence-corrected chi connectivity index (χ4v) is 3.20. The molecular formula is C24H20N4O3. The number of aromatic amines is 1. The first-order valence-electron chi connectivity index (χ1n) is 9.71. The van der Waals surface area contributed by atoms with Crippen LogP contribution in [0.2, 0.25) is 0 Å². The van der Waals surface area contributed by atoms with Gasteiger partial charge in [-0.1, -0.05) is 60.7 Å². The lowest BCUT2D eigenvalue weighted by Gasteiger charge is -2.09. The summed E-state index contributed by atoms with van der Waals surface area (Å²) in [4.78, 5) is 39.6. The molecule has 3 aromatic carbocycles. The molecule has 3 amide bonds. The Hall–Kier alpha value is -4.39. The summed E-state index contributed by atoms with van der Waals surface area (Å²) in [6, 6.07) is 24.3. The Morgan fingerprint density at radius 2 is 1.39 bits per heavy atom. The molecule has 1 heterocycles. The molecule has 0 aliphatic carbocycles. The molecule has 7 nitrogen and oxygen atoms in total. The molecule has 4 rings (SSSR count). The zero-order valence-electron chi connectivity index (χ0n) is 16.5. The second kappa shape index (κ2) is 8.96. The molecular weight excluding hydrogens is 392 g/mol. The summed E-state index contributed by atoms with van der Waals surface area (Å²) in [5, 5.41) is 3.29. The minimum Gasteiger partial charge on any atom is -0.360 e. The van der Waals surface area contributed by atoms with E-state index in [0.29, 0.717) is 11.1 Å². The van der Waals surface area contributed by atoms with Crippen LogP contribution in [0.4, 0.5) is 0 Å². The van der Waals surface area contributed by atoms with Gasteiger partial charge in [0.05, 0.1) is 12.1 Å². The molecule has 0 saturated heterocycles. The van der Waals surface area contributed by atoms with E-state index in [-0.39, 0.29) is 12.5 Å². The summed E-state index contributed by atoms with van der Waals surface area (Å²) >= 11 is 0. The number of para-hydroxylation sites is 1.